The number of guanidine groups is 1. The Labute approximate surface area is 147 Å². The molecule has 0 fully saturated rings. The van der Waals surface area contributed by atoms with Gasteiger partial charge in [-0.3, -0.25) is 10.1 Å². The number of aliphatic imine (C=N–C) groups is 1. The molecule has 122 valence electrons. The Balaban J connectivity index is 0.00000242. The fourth-order valence-electron chi connectivity index (χ4n) is 1.73. The predicted octanol–water partition coefficient (Wildman–Crippen LogP) is 2.18. The molecule has 2 rings (SSSR count). The van der Waals surface area contributed by atoms with E-state index in [1.807, 2.05) is 6.07 Å². The molecular formula is C14H23IN6O. The Morgan fingerprint density at radius 3 is 3.00 bits per heavy atom. The van der Waals surface area contributed by atoms with Crippen molar-refractivity contribution in [3.05, 3.63) is 24.2 Å². The third-order valence-electron chi connectivity index (χ3n) is 2.93. The van der Waals surface area contributed by atoms with Crippen molar-refractivity contribution >= 4 is 29.9 Å². The summed E-state index contributed by atoms with van der Waals surface area (Å²) < 4.78 is 5.24. The third-order valence-corrected chi connectivity index (χ3v) is 2.93. The summed E-state index contributed by atoms with van der Waals surface area (Å²) in [6.45, 7) is 5.74. The van der Waals surface area contributed by atoms with Crippen LogP contribution in [0.4, 0.5) is 0 Å². The number of rotatable bonds is 7. The number of nitrogens with zero attached hydrogens (tertiary/aromatic N) is 3. The Morgan fingerprint density at radius 2 is 2.32 bits per heavy atom. The van der Waals surface area contributed by atoms with Crippen LogP contribution < -0.4 is 11.1 Å². The van der Waals surface area contributed by atoms with Crippen molar-refractivity contribution in [2.75, 3.05) is 13.1 Å². The summed E-state index contributed by atoms with van der Waals surface area (Å²) >= 11 is 0. The van der Waals surface area contributed by atoms with Crippen LogP contribution in [0.25, 0.3) is 11.6 Å². The zero-order chi connectivity index (χ0) is 15.1. The average Bonchev–Trinajstić information content (AvgIpc) is 3.08. The minimum atomic E-state index is 0. The van der Waals surface area contributed by atoms with E-state index in [-0.39, 0.29) is 24.0 Å². The molecular weight excluding hydrogens is 395 g/mol. The van der Waals surface area contributed by atoms with Crippen molar-refractivity contribution in [1.82, 2.24) is 20.5 Å². The zero-order valence-corrected chi connectivity index (χ0v) is 15.2. The summed E-state index contributed by atoms with van der Waals surface area (Å²) in [6, 6.07) is 3.63. The maximum absolute atomic E-state index is 5.78. The Morgan fingerprint density at radius 1 is 1.50 bits per heavy atom. The largest absolute Gasteiger partial charge is 0.461 e. The molecule has 0 aliphatic heterocycles. The van der Waals surface area contributed by atoms with E-state index in [4.69, 9.17) is 10.2 Å². The number of nitrogens with two attached hydrogens (primary N) is 1. The summed E-state index contributed by atoms with van der Waals surface area (Å²) in [5.74, 6) is 3.11. The number of nitrogens with one attached hydrogen (secondary N) is 2. The second-order valence-electron chi connectivity index (χ2n) is 5.21. The zero-order valence-electron chi connectivity index (χ0n) is 12.9. The van der Waals surface area contributed by atoms with Crippen LogP contribution in [0, 0.1) is 5.92 Å². The molecule has 8 heteroatoms. The molecule has 0 amide bonds. The second-order valence-corrected chi connectivity index (χ2v) is 5.21. The first-order valence-corrected chi connectivity index (χ1v) is 7.14. The van der Waals surface area contributed by atoms with Crippen molar-refractivity contribution in [3.8, 4) is 11.6 Å². The summed E-state index contributed by atoms with van der Waals surface area (Å²) in [5.41, 5.74) is 5.78. The van der Waals surface area contributed by atoms with Crippen molar-refractivity contribution < 1.29 is 4.42 Å². The van der Waals surface area contributed by atoms with Gasteiger partial charge in [0.1, 0.15) is 5.82 Å². The van der Waals surface area contributed by atoms with Crippen LogP contribution in [0.1, 0.15) is 26.1 Å². The highest BCUT2D eigenvalue weighted by Crippen LogP contribution is 2.14. The number of aromatic nitrogens is 3. The van der Waals surface area contributed by atoms with E-state index >= 15 is 0 Å². The molecule has 7 nitrogen and oxygen atoms in total. The lowest BCUT2D eigenvalue weighted by atomic mass is 10.1. The number of hydrogen-bond acceptors (Lipinski definition) is 4. The summed E-state index contributed by atoms with van der Waals surface area (Å²) in [5, 5.41) is 10.1. The van der Waals surface area contributed by atoms with Gasteiger partial charge in [-0.15, -0.1) is 24.0 Å². The maximum Gasteiger partial charge on any atom is 0.216 e. The molecule has 0 aromatic carbocycles. The van der Waals surface area contributed by atoms with Crippen LogP contribution >= 0.6 is 24.0 Å². The van der Waals surface area contributed by atoms with Crippen molar-refractivity contribution in [3.63, 3.8) is 0 Å². The van der Waals surface area contributed by atoms with E-state index in [1.54, 1.807) is 12.3 Å². The molecule has 0 unspecified atom stereocenters. The molecule has 0 bridgehead atoms. The van der Waals surface area contributed by atoms with E-state index in [1.165, 1.54) is 0 Å². The van der Waals surface area contributed by atoms with Crippen LogP contribution in [0.2, 0.25) is 0 Å². The first kappa shape index (κ1) is 18.5. The molecule has 0 aliphatic carbocycles. The summed E-state index contributed by atoms with van der Waals surface area (Å²) in [6.07, 6.45) is 3.33. The summed E-state index contributed by atoms with van der Waals surface area (Å²) in [4.78, 5) is 8.62. The molecule has 0 spiro atoms. The van der Waals surface area contributed by atoms with Gasteiger partial charge in [0, 0.05) is 19.5 Å². The Kier molecular flexibility index (Phi) is 7.92. The Hall–Kier alpha value is -1.58. The van der Waals surface area contributed by atoms with Gasteiger partial charge in [-0.1, -0.05) is 13.8 Å². The first-order chi connectivity index (χ1) is 10.1. The molecule has 0 saturated heterocycles. The molecule has 2 aromatic heterocycles. The van der Waals surface area contributed by atoms with Crippen molar-refractivity contribution in [1.29, 1.82) is 0 Å². The molecule has 4 N–H and O–H groups in total. The van der Waals surface area contributed by atoms with Gasteiger partial charge in [0.2, 0.25) is 5.82 Å². The second kappa shape index (κ2) is 9.44. The van der Waals surface area contributed by atoms with E-state index in [0.717, 1.165) is 18.8 Å². The Bertz CT molecular complexity index is 564. The highest BCUT2D eigenvalue weighted by Gasteiger charge is 2.07. The van der Waals surface area contributed by atoms with Gasteiger partial charge in [-0.05, 0) is 24.5 Å². The van der Waals surface area contributed by atoms with Crippen LogP contribution in [-0.2, 0) is 6.42 Å². The van der Waals surface area contributed by atoms with Gasteiger partial charge in [0.15, 0.2) is 11.7 Å². The fraction of sp³-hybridized carbons (Fsp3) is 0.500. The quantitative estimate of drug-likeness (QED) is 0.363. The number of H-pyrrole nitrogens is 1. The summed E-state index contributed by atoms with van der Waals surface area (Å²) in [7, 11) is 0. The minimum Gasteiger partial charge on any atom is -0.461 e. The van der Waals surface area contributed by atoms with Crippen molar-refractivity contribution in [2.24, 2.45) is 16.6 Å². The SMILES string of the molecule is CC(C)CCN=C(N)NCCc1nc(-c2ccco2)n[nH]1.I. The lowest BCUT2D eigenvalue weighted by Gasteiger charge is -2.05. The van der Waals surface area contributed by atoms with Gasteiger partial charge in [-0.2, -0.15) is 5.10 Å². The normalized spacial score (nSPS) is 11.5. The molecule has 22 heavy (non-hydrogen) atoms. The first-order valence-electron chi connectivity index (χ1n) is 7.14. The lowest BCUT2D eigenvalue weighted by molar-refractivity contribution is 0.577. The van der Waals surface area contributed by atoms with Gasteiger partial charge in [-0.25, -0.2) is 4.98 Å². The molecule has 2 aromatic rings. The standard InChI is InChI=1S/C14H22N6O.HI/c1-10(2)5-7-16-14(15)17-8-6-12-18-13(20-19-12)11-4-3-9-21-11;/h3-4,9-10H,5-8H2,1-2H3,(H3,15,16,17)(H,18,19,20);1H. The van der Waals surface area contributed by atoms with Gasteiger partial charge in [0.25, 0.3) is 0 Å². The van der Waals surface area contributed by atoms with E-state index in [9.17, 15) is 0 Å². The molecule has 0 aliphatic rings. The highest BCUT2D eigenvalue weighted by atomic mass is 127. The average molecular weight is 418 g/mol. The number of furan rings is 1. The lowest BCUT2D eigenvalue weighted by Crippen LogP contribution is -2.33. The van der Waals surface area contributed by atoms with Crippen LogP contribution in [0.15, 0.2) is 27.8 Å². The third kappa shape index (κ3) is 6.04. The van der Waals surface area contributed by atoms with Gasteiger partial charge < -0.3 is 15.5 Å². The number of halogens is 1. The molecule has 0 saturated carbocycles. The van der Waals surface area contributed by atoms with E-state index < -0.39 is 0 Å². The smallest absolute Gasteiger partial charge is 0.216 e. The van der Waals surface area contributed by atoms with Gasteiger partial charge >= 0.3 is 0 Å². The number of aromatic amines is 1. The van der Waals surface area contributed by atoms with Crippen LogP contribution in [0.5, 0.6) is 0 Å². The maximum atomic E-state index is 5.78. The van der Waals surface area contributed by atoms with Gasteiger partial charge in [0.05, 0.1) is 6.26 Å². The van der Waals surface area contributed by atoms with Crippen LogP contribution in [0.3, 0.4) is 0 Å². The molecule has 2 heterocycles. The molecule has 0 atom stereocenters. The fourth-order valence-corrected chi connectivity index (χ4v) is 1.73. The number of hydrogen-bond donors (Lipinski definition) is 3. The highest BCUT2D eigenvalue weighted by molar-refractivity contribution is 14.0. The molecule has 0 radical (unpaired) electrons. The van der Waals surface area contributed by atoms with Crippen molar-refractivity contribution in [2.45, 2.75) is 26.7 Å². The van der Waals surface area contributed by atoms with E-state index in [0.29, 0.717) is 36.4 Å². The predicted molar refractivity (Wildman–Crippen MR) is 97.2 cm³/mol. The monoisotopic (exact) mass is 418 g/mol. The van der Waals surface area contributed by atoms with Crippen LogP contribution in [-0.4, -0.2) is 34.2 Å². The topological polar surface area (TPSA) is 105 Å². The van der Waals surface area contributed by atoms with E-state index in [2.05, 4.69) is 39.3 Å². The minimum absolute atomic E-state index is 0.